The van der Waals surface area contributed by atoms with E-state index in [4.69, 9.17) is 23.2 Å². The summed E-state index contributed by atoms with van der Waals surface area (Å²) < 4.78 is 26.2. The fraction of sp³-hybridized carbons (Fsp3) is 0. The zero-order valence-corrected chi connectivity index (χ0v) is 14.4. The predicted octanol–water partition coefficient (Wildman–Crippen LogP) is 5.06. The fourth-order valence-electron chi connectivity index (χ4n) is 2.03. The molecule has 3 aromatic rings. The summed E-state index contributed by atoms with van der Waals surface area (Å²) in [6.45, 7) is 0. The minimum atomic E-state index is -1.06. The molecule has 9 heteroatoms. The highest BCUT2D eigenvalue weighted by molar-refractivity contribution is 6.36. The number of benzene rings is 2. The fourth-order valence-corrected chi connectivity index (χ4v) is 2.48. The van der Waals surface area contributed by atoms with E-state index >= 15 is 0 Å². The Morgan fingerprint density at radius 2 is 1.81 bits per heavy atom. The van der Waals surface area contributed by atoms with E-state index in [0.717, 1.165) is 12.1 Å². The first-order chi connectivity index (χ1) is 12.4. The van der Waals surface area contributed by atoms with Crippen LogP contribution in [0.3, 0.4) is 0 Å². The second-order valence-electron chi connectivity index (χ2n) is 5.10. The van der Waals surface area contributed by atoms with Crippen LogP contribution in [0.4, 0.5) is 26.1 Å². The van der Waals surface area contributed by atoms with Crippen molar-refractivity contribution in [3.05, 3.63) is 76.0 Å². The molecular weight excluding hydrogens is 385 g/mol. The number of halogens is 4. The first-order valence-electron chi connectivity index (χ1n) is 7.24. The Bertz CT molecular complexity index is 985. The first kappa shape index (κ1) is 18.0. The van der Waals surface area contributed by atoms with Crippen LogP contribution in [0.25, 0.3) is 0 Å². The van der Waals surface area contributed by atoms with Gasteiger partial charge in [0.1, 0.15) is 5.69 Å². The Morgan fingerprint density at radius 1 is 1.00 bits per heavy atom. The van der Waals surface area contributed by atoms with Crippen molar-refractivity contribution in [2.45, 2.75) is 0 Å². The Morgan fingerprint density at radius 3 is 2.54 bits per heavy atom. The molecule has 5 nitrogen and oxygen atoms in total. The van der Waals surface area contributed by atoms with Gasteiger partial charge in [0.25, 0.3) is 5.91 Å². The van der Waals surface area contributed by atoms with Crippen LogP contribution in [0, 0.1) is 11.6 Å². The predicted molar refractivity (Wildman–Crippen MR) is 96.1 cm³/mol. The lowest BCUT2D eigenvalue weighted by Gasteiger charge is -2.09. The summed E-state index contributed by atoms with van der Waals surface area (Å²) >= 11 is 11.9. The molecule has 0 aliphatic heterocycles. The average molecular weight is 395 g/mol. The van der Waals surface area contributed by atoms with Crippen LogP contribution in [0.2, 0.25) is 10.0 Å². The van der Waals surface area contributed by atoms with Gasteiger partial charge in [-0.05, 0) is 36.4 Å². The molecule has 0 saturated carbocycles. The normalized spacial score (nSPS) is 10.5. The summed E-state index contributed by atoms with van der Waals surface area (Å²) in [4.78, 5) is 20.3. The van der Waals surface area contributed by atoms with Crippen molar-refractivity contribution in [1.29, 1.82) is 0 Å². The lowest BCUT2D eigenvalue weighted by Crippen LogP contribution is -2.15. The summed E-state index contributed by atoms with van der Waals surface area (Å²) in [5, 5.41) is 6.13. The second kappa shape index (κ2) is 7.63. The molecule has 2 N–H and O–H groups in total. The van der Waals surface area contributed by atoms with Crippen LogP contribution in [0.15, 0.2) is 48.7 Å². The molecule has 0 bridgehead atoms. The number of rotatable bonds is 4. The smallest absolute Gasteiger partial charge is 0.274 e. The highest BCUT2D eigenvalue weighted by Gasteiger charge is 2.12. The number of nitrogens with one attached hydrogen (secondary N) is 2. The monoisotopic (exact) mass is 394 g/mol. The van der Waals surface area contributed by atoms with Gasteiger partial charge in [-0.3, -0.25) is 4.79 Å². The lowest BCUT2D eigenvalue weighted by atomic mass is 10.3. The largest absolute Gasteiger partial charge is 0.323 e. The highest BCUT2D eigenvalue weighted by atomic mass is 35.5. The van der Waals surface area contributed by atoms with Crippen molar-refractivity contribution >= 4 is 46.4 Å². The van der Waals surface area contributed by atoms with Gasteiger partial charge in [0.15, 0.2) is 11.6 Å². The Balaban J connectivity index is 1.77. The van der Waals surface area contributed by atoms with Crippen molar-refractivity contribution in [3.63, 3.8) is 0 Å². The van der Waals surface area contributed by atoms with E-state index in [1.54, 1.807) is 18.2 Å². The number of hydrogen-bond acceptors (Lipinski definition) is 4. The van der Waals surface area contributed by atoms with E-state index in [1.807, 2.05) is 0 Å². The van der Waals surface area contributed by atoms with Crippen molar-refractivity contribution in [2.24, 2.45) is 0 Å². The summed E-state index contributed by atoms with van der Waals surface area (Å²) in [5.41, 5.74) is 0.634. The number of nitrogens with zero attached hydrogens (tertiary/aromatic N) is 2. The molecule has 132 valence electrons. The van der Waals surface area contributed by atoms with Crippen LogP contribution in [-0.2, 0) is 0 Å². The van der Waals surface area contributed by atoms with Crippen LogP contribution in [-0.4, -0.2) is 15.9 Å². The summed E-state index contributed by atoms with van der Waals surface area (Å²) in [6, 6.07) is 9.23. The number of carbonyl (C=O) groups excluding carboxylic acids is 1. The van der Waals surface area contributed by atoms with Gasteiger partial charge in [0.2, 0.25) is 5.95 Å². The van der Waals surface area contributed by atoms with Gasteiger partial charge >= 0.3 is 0 Å². The number of anilines is 3. The molecule has 0 atom stereocenters. The van der Waals surface area contributed by atoms with Crippen molar-refractivity contribution in [2.75, 3.05) is 10.6 Å². The van der Waals surface area contributed by atoms with Gasteiger partial charge in [-0.15, -0.1) is 0 Å². The maximum atomic E-state index is 13.2. The maximum Gasteiger partial charge on any atom is 0.274 e. The number of hydrogen-bond donors (Lipinski definition) is 2. The summed E-state index contributed by atoms with van der Waals surface area (Å²) in [6.07, 6.45) is 1.37. The minimum Gasteiger partial charge on any atom is -0.323 e. The molecule has 2 aromatic carbocycles. The quantitative estimate of drug-likeness (QED) is 0.648. The minimum absolute atomic E-state index is 0.0253. The van der Waals surface area contributed by atoms with Gasteiger partial charge in [-0.1, -0.05) is 23.2 Å². The van der Waals surface area contributed by atoms with Gasteiger partial charge in [0, 0.05) is 23.0 Å². The van der Waals surface area contributed by atoms with Crippen LogP contribution < -0.4 is 10.6 Å². The van der Waals surface area contributed by atoms with Crippen LogP contribution in [0.5, 0.6) is 0 Å². The third kappa shape index (κ3) is 4.25. The first-order valence-corrected chi connectivity index (χ1v) is 7.99. The number of amides is 1. The zero-order valence-electron chi connectivity index (χ0n) is 12.9. The molecule has 1 heterocycles. The highest BCUT2D eigenvalue weighted by Crippen LogP contribution is 2.27. The molecule has 1 aromatic heterocycles. The third-order valence-corrected chi connectivity index (χ3v) is 3.79. The molecule has 3 rings (SSSR count). The summed E-state index contributed by atoms with van der Waals surface area (Å²) in [5.74, 6) is -2.54. The zero-order chi connectivity index (χ0) is 18.7. The summed E-state index contributed by atoms with van der Waals surface area (Å²) in [7, 11) is 0. The van der Waals surface area contributed by atoms with Crippen LogP contribution in [0.1, 0.15) is 10.5 Å². The Labute approximate surface area is 157 Å². The molecule has 0 aliphatic carbocycles. The molecule has 0 unspecified atom stereocenters. The molecule has 26 heavy (non-hydrogen) atoms. The standard InChI is InChI=1S/C17H10Cl2F2N4O/c18-9-1-4-14(11(19)7-9)24-17-22-6-5-15(25-17)16(26)23-10-2-3-12(20)13(21)8-10/h1-8H,(H,23,26)(H,22,24,25). The lowest BCUT2D eigenvalue weighted by molar-refractivity contribution is 0.102. The number of carbonyl (C=O) groups is 1. The molecule has 0 aliphatic rings. The molecule has 0 radical (unpaired) electrons. The maximum absolute atomic E-state index is 13.2. The second-order valence-corrected chi connectivity index (χ2v) is 5.94. The van der Waals surface area contributed by atoms with E-state index in [1.165, 1.54) is 18.3 Å². The third-order valence-electron chi connectivity index (χ3n) is 3.24. The molecule has 0 saturated heterocycles. The van der Waals surface area contributed by atoms with Crippen molar-refractivity contribution in [3.8, 4) is 0 Å². The topological polar surface area (TPSA) is 66.9 Å². The van der Waals surface area contributed by atoms with E-state index in [0.29, 0.717) is 15.7 Å². The molecule has 0 fully saturated rings. The van der Waals surface area contributed by atoms with E-state index < -0.39 is 17.5 Å². The Kier molecular flexibility index (Phi) is 5.29. The number of aromatic nitrogens is 2. The van der Waals surface area contributed by atoms with Crippen molar-refractivity contribution < 1.29 is 13.6 Å². The van der Waals surface area contributed by atoms with Crippen molar-refractivity contribution in [1.82, 2.24) is 9.97 Å². The van der Waals surface area contributed by atoms with E-state index in [2.05, 4.69) is 20.6 Å². The van der Waals surface area contributed by atoms with Crippen LogP contribution >= 0.6 is 23.2 Å². The van der Waals surface area contributed by atoms with Gasteiger partial charge in [0.05, 0.1) is 10.7 Å². The van der Waals surface area contributed by atoms with E-state index in [-0.39, 0.29) is 17.3 Å². The Hall–Kier alpha value is -2.77. The average Bonchev–Trinajstić information content (AvgIpc) is 2.61. The van der Waals surface area contributed by atoms with E-state index in [9.17, 15) is 13.6 Å². The SMILES string of the molecule is O=C(Nc1ccc(F)c(F)c1)c1ccnc(Nc2ccc(Cl)cc2Cl)n1. The molecular formula is C17H10Cl2F2N4O. The molecule has 1 amide bonds. The molecule has 0 spiro atoms. The van der Waals surface area contributed by atoms with Gasteiger partial charge < -0.3 is 10.6 Å². The van der Waals surface area contributed by atoms with Gasteiger partial charge in [-0.2, -0.15) is 0 Å². The van der Waals surface area contributed by atoms with Gasteiger partial charge in [-0.25, -0.2) is 18.7 Å².